The van der Waals surface area contributed by atoms with Gasteiger partial charge in [-0.3, -0.25) is 14.5 Å². The van der Waals surface area contributed by atoms with Crippen molar-refractivity contribution in [2.45, 2.75) is 24.9 Å². The van der Waals surface area contributed by atoms with E-state index < -0.39 is 23.5 Å². The summed E-state index contributed by atoms with van der Waals surface area (Å²) in [4.78, 5) is 30.3. The van der Waals surface area contributed by atoms with E-state index in [1.807, 2.05) is 12.1 Å². The van der Waals surface area contributed by atoms with Crippen LogP contribution < -0.4 is 0 Å². The molecule has 170 valence electrons. The predicted octanol–water partition coefficient (Wildman–Crippen LogP) is 3.99. The van der Waals surface area contributed by atoms with Crippen molar-refractivity contribution < 1.29 is 28.6 Å². The van der Waals surface area contributed by atoms with Crippen LogP contribution in [0.15, 0.2) is 81.2 Å². The van der Waals surface area contributed by atoms with E-state index in [1.54, 1.807) is 24.5 Å². The van der Waals surface area contributed by atoms with Crippen LogP contribution in [-0.4, -0.2) is 51.3 Å². The van der Waals surface area contributed by atoms with Gasteiger partial charge in [0, 0.05) is 6.54 Å². The van der Waals surface area contributed by atoms with E-state index in [2.05, 4.69) is 4.90 Å². The van der Waals surface area contributed by atoms with Crippen LogP contribution in [-0.2, 0) is 4.79 Å². The number of carbonyl (C=O) groups excluding carboxylic acids is 2. The fraction of sp³-hybridized carbons (Fsp3) is 0.280. The maximum Gasteiger partial charge on any atom is 0.290 e. The van der Waals surface area contributed by atoms with Gasteiger partial charge >= 0.3 is 0 Å². The Balaban J connectivity index is 1.56. The maximum atomic E-state index is 13.3. The van der Waals surface area contributed by atoms with Crippen LogP contribution in [0.2, 0.25) is 0 Å². The number of rotatable bonds is 7. The fourth-order valence-electron chi connectivity index (χ4n) is 4.72. The van der Waals surface area contributed by atoms with Gasteiger partial charge in [-0.2, -0.15) is 0 Å². The smallest absolute Gasteiger partial charge is 0.290 e. The third-order valence-corrected chi connectivity index (χ3v) is 6.32. The number of carbonyl (C=O) groups is 2. The van der Waals surface area contributed by atoms with Crippen LogP contribution in [0.3, 0.4) is 0 Å². The normalized spacial score (nSPS) is 20.1. The molecule has 0 saturated carbocycles. The van der Waals surface area contributed by atoms with Crippen LogP contribution in [0.25, 0.3) is 0 Å². The van der Waals surface area contributed by atoms with Crippen LogP contribution in [0, 0.1) is 0 Å². The highest BCUT2D eigenvalue weighted by atomic mass is 16.3. The van der Waals surface area contributed by atoms with Gasteiger partial charge in [-0.15, -0.1) is 0 Å². The molecule has 2 atom stereocenters. The molecule has 2 aliphatic heterocycles. The molecule has 8 heteroatoms. The Morgan fingerprint density at radius 3 is 2.33 bits per heavy atom. The summed E-state index contributed by atoms with van der Waals surface area (Å²) in [6.45, 7) is 1.96. The minimum absolute atomic E-state index is 0.0390. The van der Waals surface area contributed by atoms with Crippen molar-refractivity contribution in [2.75, 3.05) is 19.6 Å². The quantitative estimate of drug-likeness (QED) is 0.526. The summed E-state index contributed by atoms with van der Waals surface area (Å²) in [6, 6.07) is 12.0. The summed E-state index contributed by atoms with van der Waals surface area (Å²) in [5.74, 6) is -0.946. The van der Waals surface area contributed by atoms with E-state index in [-0.39, 0.29) is 29.7 Å². The average molecular weight is 448 g/mol. The number of hydrogen-bond donors (Lipinski definition) is 2. The Hall–Kier alpha value is -3.78. The predicted molar refractivity (Wildman–Crippen MR) is 118 cm³/mol. The van der Waals surface area contributed by atoms with Gasteiger partial charge in [-0.05, 0) is 67.9 Å². The summed E-state index contributed by atoms with van der Waals surface area (Å²) < 4.78 is 11.0. The van der Waals surface area contributed by atoms with Gasteiger partial charge in [-0.1, -0.05) is 12.1 Å². The van der Waals surface area contributed by atoms with Crippen LogP contribution in [0.1, 0.15) is 46.8 Å². The lowest BCUT2D eigenvalue weighted by Crippen LogP contribution is -2.40. The number of nitrogens with zero attached hydrogens (tertiary/aromatic N) is 2. The number of hydrogen-bond acceptors (Lipinski definition) is 7. The second-order valence-electron chi connectivity index (χ2n) is 8.29. The van der Waals surface area contributed by atoms with Crippen LogP contribution in [0.4, 0.5) is 0 Å². The Bertz CT molecular complexity index is 1160. The zero-order valence-electron chi connectivity index (χ0n) is 17.9. The van der Waals surface area contributed by atoms with Crippen molar-refractivity contribution >= 4 is 11.7 Å². The Kier molecular flexibility index (Phi) is 5.51. The molecule has 2 aliphatic rings. The molecule has 8 nitrogen and oxygen atoms in total. The van der Waals surface area contributed by atoms with E-state index in [9.17, 15) is 19.8 Å². The summed E-state index contributed by atoms with van der Waals surface area (Å²) in [5.41, 5.74) is 0.556. The first-order chi connectivity index (χ1) is 16.0. The lowest BCUT2D eigenvalue weighted by Gasteiger charge is -2.33. The molecule has 1 amide bonds. The maximum absolute atomic E-state index is 13.3. The van der Waals surface area contributed by atoms with Crippen molar-refractivity contribution in [1.29, 1.82) is 0 Å². The lowest BCUT2D eigenvalue weighted by atomic mass is 9.94. The van der Waals surface area contributed by atoms with Crippen LogP contribution >= 0.6 is 0 Å². The first-order valence-electron chi connectivity index (χ1n) is 10.9. The van der Waals surface area contributed by atoms with Crippen molar-refractivity contribution in [1.82, 2.24) is 9.80 Å². The number of aliphatic hydroxyl groups excluding tert-OH is 1. The molecule has 1 aromatic carbocycles. The van der Waals surface area contributed by atoms with Gasteiger partial charge in [0.15, 0.2) is 11.5 Å². The van der Waals surface area contributed by atoms with Gasteiger partial charge in [0.1, 0.15) is 11.5 Å². The molecule has 2 unspecified atom stereocenters. The third kappa shape index (κ3) is 3.82. The molecule has 0 spiro atoms. The molecule has 1 saturated heterocycles. The number of phenolic OH excluding ortho intramolecular Hbond substituents is 1. The molecule has 2 N–H and O–H groups in total. The molecule has 2 aromatic heterocycles. The highest BCUT2D eigenvalue weighted by Crippen LogP contribution is 2.41. The number of Topliss-reactive ketones (excluding diaryl/α,β-unsaturated/α-hetero) is 1. The number of aliphatic hydroxyl groups is 1. The van der Waals surface area contributed by atoms with Gasteiger partial charge < -0.3 is 23.9 Å². The van der Waals surface area contributed by atoms with Gasteiger partial charge in [-0.25, -0.2) is 0 Å². The second-order valence-corrected chi connectivity index (χ2v) is 8.29. The number of likely N-dealkylation sites (tertiary alicyclic amines) is 1. The number of amides is 1. The topological polar surface area (TPSA) is 107 Å². The molecule has 0 bridgehead atoms. The minimum atomic E-state index is -0.837. The number of furan rings is 2. The van der Waals surface area contributed by atoms with E-state index in [0.29, 0.717) is 5.56 Å². The lowest BCUT2D eigenvalue weighted by molar-refractivity contribution is -0.130. The van der Waals surface area contributed by atoms with E-state index in [0.717, 1.165) is 31.7 Å². The summed E-state index contributed by atoms with van der Waals surface area (Å²) in [7, 11) is 0. The number of ketones is 1. The highest BCUT2D eigenvalue weighted by molar-refractivity contribution is 6.15. The monoisotopic (exact) mass is 448 g/mol. The Morgan fingerprint density at radius 2 is 1.70 bits per heavy atom. The second kappa shape index (κ2) is 8.63. The molecular weight excluding hydrogens is 424 g/mol. The van der Waals surface area contributed by atoms with Gasteiger partial charge in [0.25, 0.3) is 5.91 Å². The Labute approximate surface area is 190 Å². The summed E-state index contributed by atoms with van der Waals surface area (Å²) >= 11 is 0. The molecule has 4 heterocycles. The zero-order valence-corrected chi connectivity index (χ0v) is 17.9. The summed E-state index contributed by atoms with van der Waals surface area (Å²) in [6.07, 6.45) is 5.08. The molecule has 3 aromatic rings. The van der Waals surface area contributed by atoms with Crippen LogP contribution in [0.5, 0.6) is 5.75 Å². The third-order valence-electron chi connectivity index (χ3n) is 6.32. The Morgan fingerprint density at radius 1 is 1.00 bits per heavy atom. The standard InChI is InChI=1S/C25H24N2O6/c28-17-9-7-16(8-10-17)22-21(23(29)20-6-4-14-33-20)24(30)25(31)27(22)15-18(19-5-3-13-32-19)26-11-1-2-12-26/h3-10,13-14,18,22,28,30H,1-2,11-12,15H2. The average Bonchev–Trinajstić information content (AvgIpc) is 3.62. The molecular formula is C25H24N2O6. The molecule has 1 fully saturated rings. The first-order valence-corrected chi connectivity index (χ1v) is 10.9. The summed E-state index contributed by atoms with van der Waals surface area (Å²) in [5, 5.41) is 20.6. The number of aromatic hydroxyl groups is 1. The van der Waals surface area contributed by atoms with E-state index >= 15 is 0 Å². The largest absolute Gasteiger partial charge is 0.508 e. The van der Waals surface area contributed by atoms with Crippen molar-refractivity contribution in [3.05, 3.63) is 89.5 Å². The van der Waals surface area contributed by atoms with Crippen molar-refractivity contribution in [3.63, 3.8) is 0 Å². The molecule has 0 aliphatic carbocycles. The van der Waals surface area contributed by atoms with Gasteiger partial charge in [0.2, 0.25) is 5.78 Å². The first kappa shape index (κ1) is 21.1. The zero-order chi connectivity index (χ0) is 22.9. The molecule has 5 rings (SSSR count). The minimum Gasteiger partial charge on any atom is -0.508 e. The molecule has 33 heavy (non-hydrogen) atoms. The number of phenols is 1. The fourth-order valence-corrected chi connectivity index (χ4v) is 4.72. The van der Waals surface area contributed by atoms with Crippen molar-refractivity contribution in [2.24, 2.45) is 0 Å². The van der Waals surface area contributed by atoms with Gasteiger partial charge in [0.05, 0.1) is 30.2 Å². The molecule has 0 radical (unpaired) electrons. The SMILES string of the molecule is O=C(C1=C(O)C(=O)N(CC(c2ccco2)N2CCCC2)C1c1ccc(O)cc1)c1ccco1. The van der Waals surface area contributed by atoms with E-state index in [4.69, 9.17) is 8.83 Å². The number of benzene rings is 1. The van der Waals surface area contributed by atoms with E-state index in [1.165, 1.54) is 29.4 Å². The van der Waals surface area contributed by atoms with Crippen molar-refractivity contribution in [3.8, 4) is 5.75 Å². The highest BCUT2D eigenvalue weighted by Gasteiger charge is 2.46.